The van der Waals surface area contributed by atoms with Crippen molar-refractivity contribution in [2.75, 3.05) is 5.32 Å². The molecule has 1 aromatic carbocycles. The summed E-state index contributed by atoms with van der Waals surface area (Å²) in [7, 11) is 0. The van der Waals surface area contributed by atoms with Crippen LogP contribution in [0.15, 0.2) is 36.5 Å². The van der Waals surface area contributed by atoms with Crippen molar-refractivity contribution >= 4 is 34.9 Å². The van der Waals surface area contributed by atoms with Gasteiger partial charge in [0, 0.05) is 34.0 Å². The molecule has 0 amide bonds. The predicted molar refractivity (Wildman–Crippen MR) is 84.2 cm³/mol. The number of aryl methyl sites for hydroxylation is 1. The van der Waals surface area contributed by atoms with E-state index in [4.69, 9.17) is 23.2 Å². The van der Waals surface area contributed by atoms with E-state index in [0.29, 0.717) is 15.7 Å². The van der Waals surface area contributed by atoms with E-state index in [1.54, 1.807) is 36.5 Å². The number of aromatic nitrogens is 1. The first-order chi connectivity index (χ1) is 9.95. The van der Waals surface area contributed by atoms with Gasteiger partial charge in [-0.15, -0.1) is 0 Å². The van der Waals surface area contributed by atoms with E-state index in [0.717, 1.165) is 11.3 Å². The van der Waals surface area contributed by atoms with E-state index in [-0.39, 0.29) is 6.42 Å². The summed E-state index contributed by atoms with van der Waals surface area (Å²) < 4.78 is 0. The molecule has 0 aliphatic rings. The molecule has 0 aliphatic carbocycles. The lowest BCUT2D eigenvalue weighted by Gasteiger charge is -2.17. The zero-order chi connectivity index (χ0) is 15.4. The maximum atomic E-state index is 11.4. The van der Waals surface area contributed by atoms with Gasteiger partial charge in [-0.25, -0.2) is 4.79 Å². The van der Waals surface area contributed by atoms with Crippen molar-refractivity contribution in [3.05, 3.63) is 57.8 Å². The molecule has 0 bridgehead atoms. The normalized spacial score (nSPS) is 12.0. The predicted octanol–water partition coefficient (Wildman–Crippen LogP) is 3.80. The van der Waals surface area contributed by atoms with Crippen molar-refractivity contribution in [2.24, 2.45) is 0 Å². The second-order valence-electron chi connectivity index (χ2n) is 4.66. The summed E-state index contributed by atoms with van der Waals surface area (Å²) in [6.45, 7) is 1.84. The van der Waals surface area contributed by atoms with Crippen LogP contribution in [0.3, 0.4) is 0 Å². The molecule has 0 unspecified atom stereocenters. The third-order valence-corrected chi connectivity index (χ3v) is 3.56. The second kappa shape index (κ2) is 6.78. The van der Waals surface area contributed by atoms with Gasteiger partial charge in [-0.05, 0) is 36.8 Å². The molecule has 1 aromatic heterocycles. The number of nitrogens with one attached hydrogen (secondary N) is 1. The largest absolute Gasteiger partial charge is 0.480 e. The molecule has 0 radical (unpaired) electrons. The van der Waals surface area contributed by atoms with Crippen molar-refractivity contribution < 1.29 is 9.90 Å². The summed E-state index contributed by atoms with van der Waals surface area (Å²) in [6.07, 6.45) is 1.89. The first-order valence-corrected chi connectivity index (χ1v) is 7.07. The van der Waals surface area contributed by atoms with Crippen molar-refractivity contribution in [2.45, 2.75) is 19.4 Å². The van der Waals surface area contributed by atoms with E-state index in [1.165, 1.54) is 0 Å². The van der Waals surface area contributed by atoms with Crippen LogP contribution in [0.5, 0.6) is 0 Å². The topological polar surface area (TPSA) is 62.2 Å². The molecule has 6 heteroatoms. The van der Waals surface area contributed by atoms with Crippen LogP contribution in [0.2, 0.25) is 10.0 Å². The second-order valence-corrected chi connectivity index (χ2v) is 5.50. The lowest BCUT2D eigenvalue weighted by molar-refractivity contribution is -0.137. The van der Waals surface area contributed by atoms with Crippen LogP contribution in [-0.4, -0.2) is 22.1 Å². The van der Waals surface area contributed by atoms with Crippen molar-refractivity contribution in [3.8, 4) is 0 Å². The van der Waals surface area contributed by atoms with E-state index in [1.807, 2.05) is 6.92 Å². The number of carbonyl (C=O) groups is 1. The number of carboxylic acid groups (broad SMARTS) is 1. The number of benzene rings is 1. The minimum atomic E-state index is -0.949. The van der Waals surface area contributed by atoms with Gasteiger partial charge in [0.25, 0.3) is 0 Å². The highest BCUT2D eigenvalue weighted by molar-refractivity contribution is 6.35. The summed E-state index contributed by atoms with van der Waals surface area (Å²) >= 11 is 11.9. The Labute approximate surface area is 132 Å². The summed E-state index contributed by atoms with van der Waals surface area (Å²) in [4.78, 5) is 15.5. The molecule has 0 spiro atoms. The molecule has 4 nitrogen and oxygen atoms in total. The molecule has 2 rings (SSSR count). The number of carboxylic acids is 1. The molecule has 2 N–H and O–H groups in total. The Morgan fingerprint density at radius 1 is 1.33 bits per heavy atom. The highest BCUT2D eigenvalue weighted by atomic mass is 35.5. The molecule has 2 aromatic rings. The number of rotatable bonds is 5. The van der Waals surface area contributed by atoms with Crippen LogP contribution >= 0.6 is 23.2 Å². The zero-order valence-corrected chi connectivity index (χ0v) is 12.8. The summed E-state index contributed by atoms with van der Waals surface area (Å²) in [6, 6.07) is 7.77. The number of pyridine rings is 1. The molecule has 0 fully saturated rings. The van der Waals surface area contributed by atoms with Crippen LogP contribution < -0.4 is 5.32 Å². The summed E-state index contributed by atoms with van der Waals surface area (Å²) in [5, 5.41) is 13.3. The highest BCUT2D eigenvalue weighted by Crippen LogP contribution is 2.23. The Morgan fingerprint density at radius 2 is 2.10 bits per heavy atom. The fourth-order valence-electron chi connectivity index (χ4n) is 1.94. The van der Waals surface area contributed by atoms with E-state index in [9.17, 15) is 9.90 Å². The van der Waals surface area contributed by atoms with E-state index in [2.05, 4.69) is 10.3 Å². The summed E-state index contributed by atoms with van der Waals surface area (Å²) in [5.41, 5.74) is 2.25. The monoisotopic (exact) mass is 324 g/mol. The lowest BCUT2D eigenvalue weighted by Crippen LogP contribution is -2.31. The van der Waals surface area contributed by atoms with Crippen molar-refractivity contribution in [3.63, 3.8) is 0 Å². The van der Waals surface area contributed by atoms with Crippen molar-refractivity contribution in [1.29, 1.82) is 0 Å². The van der Waals surface area contributed by atoms with Crippen LogP contribution in [0.1, 0.15) is 11.3 Å². The molecular weight excluding hydrogens is 311 g/mol. The van der Waals surface area contributed by atoms with E-state index < -0.39 is 12.0 Å². The smallest absolute Gasteiger partial charge is 0.326 e. The minimum Gasteiger partial charge on any atom is -0.480 e. The summed E-state index contributed by atoms with van der Waals surface area (Å²) in [5.74, 6) is -0.949. The number of halogens is 2. The van der Waals surface area contributed by atoms with E-state index >= 15 is 0 Å². The Morgan fingerprint density at radius 3 is 2.71 bits per heavy atom. The van der Waals surface area contributed by atoms with Crippen LogP contribution in [0.4, 0.5) is 5.69 Å². The number of anilines is 1. The zero-order valence-electron chi connectivity index (χ0n) is 11.3. The molecular formula is C15H14Cl2N2O2. The molecule has 0 aliphatic heterocycles. The van der Waals surface area contributed by atoms with Gasteiger partial charge in [0.1, 0.15) is 6.04 Å². The SMILES string of the molecule is Cc1cc(N[C@H](Cc2ccc(Cl)cc2Cl)C(=O)O)ccn1. The minimum absolute atomic E-state index is 0.257. The van der Waals surface area contributed by atoms with Gasteiger partial charge in [-0.1, -0.05) is 29.3 Å². The fraction of sp³-hybridized carbons (Fsp3) is 0.200. The van der Waals surface area contributed by atoms with Gasteiger partial charge in [-0.3, -0.25) is 4.98 Å². The molecule has 0 saturated carbocycles. The quantitative estimate of drug-likeness (QED) is 0.878. The van der Waals surface area contributed by atoms with Crippen LogP contribution in [-0.2, 0) is 11.2 Å². The lowest BCUT2D eigenvalue weighted by atomic mass is 10.1. The van der Waals surface area contributed by atoms with Gasteiger partial charge in [0.2, 0.25) is 0 Å². The average Bonchev–Trinajstić information content (AvgIpc) is 2.40. The Kier molecular flexibility index (Phi) is 5.04. The number of hydrogen-bond donors (Lipinski definition) is 2. The van der Waals surface area contributed by atoms with Gasteiger partial charge in [0.05, 0.1) is 0 Å². The Hall–Kier alpha value is -1.78. The van der Waals surface area contributed by atoms with Crippen LogP contribution in [0, 0.1) is 6.92 Å². The maximum absolute atomic E-state index is 11.4. The highest BCUT2D eigenvalue weighted by Gasteiger charge is 2.19. The van der Waals surface area contributed by atoms with Gasteiger partial charge < -0.3 is 10.4 Å². The number of nitrogens with zero attached hydrogens (tertiary/aromatic N) is 1. The average molecular weight is 325 g/mol. The number of aliphatic carboxylic acids is 1. The first kappa shape index (κ1) is 15.6. The fourth-order valence-corrected chi connectivity index (χ4v) is 2.43. The number of hydrogen-bond acceptors (Lipinski definition) is 3. The Balaban J connectivity index is 2.18. The van der Waals surface area contributed by atoms with Gasteiger partial charge in [-0.2, -0.15) is 0 Å². The molecule has 110 valence electrons. The molecule has 21 heavy (non-hydrogen) atoms. The van der Waals surface area contributed by atoms with Crippen molar-refractivity contribution in [1.82, 2.24) is 4.98 Å². The third kappa shape index (κ3) is 4.34. The third-order valence-electron chi connectivity index (χ3n) is 2.97. The van der Waals surface area contributed by atoms with Gasteiger partial charge >= 0.3 is 5.97 Å². The standard InChI is InChI=1S/C15H14Cl2N2O2/c1-9-6-12(4-5-18-9)19-14(15(20)21)7-10-2-3-11(16)8-13(10)17/h2-6,8,14H,7H2,1H3,(H,18,19)(H,20,21)/t14-/m1/s1. The van der Waals surface area contributed by atoms with Gasteiger partial charge in [0.15, 0.2) is 0 Å². The first-order valence-electron chi connectivity index (χ1n) is 6.31. The molecule has 0 saturated heterocycles. The molecule has 1 atom stereocenters. The van der Waals surface area contributed by atoms with Crippen LogP contribution in [0.25, 0.3) is 0 Å². The molecule has 1 heterocycles. The Bertz CT molecular complexity index is 662. The maximum Gasteiger partial charge on any atom is 0.326 e.